The van der Waals surface area contributed by atoms with Crippen LogP contribution in [0.2, 0.25) is 0 Å². The van der Waals surface area contributed by atoms with Gasteiger partial charge in [-0.2, -0.15) is 5.10 Å². The first-order chi connectivity index (χ1) is 14.9. The van der Waals surface area contributed by atoms with E-state index in [-0.39, 0.29) is 17.9 Å². The lowest BCUT2D eigenvalue weighted by atomic mass is 10.0. The third-order valence-corrected chi connectivity index (χ3v) is 5.74. The highest BCUT2D eigenvalue weighted by atomic mass is 16.5. The SMILES string of the molecule is CCOC(=O)c1cnc2c(c(C)nn2C)c1N1CCC(NC(=O)c2ccoc2C)CC1. The van der Waals surface area contributed by atoms with E-state index in [0.29, 0.717) is 36.6 Å². The lowest BCUT2D eigenvalue weighted by Gasteiger charge is -2.35. The third kappa shape index (κ3) is 3.87. The summed E-state index contributed by atoms with van der Waals surface area (Å²) in [6.45, 7) is 7.16. The van der Waals surface area contributed by atoms with Crippen molar-refractivity contribution >= 4 is 28.6 Å². The second-order valence-electron chi connectivity index (χ2n) is 7.77. The van der Waals surface area contributed by atoms with E-state index in [1.165, 1.54) is 6.26 Å². The van der Waals surface area contributed by atoms with Crippen molar-refractivity contribution in [1.82, 2.24) is 20.1 Å². The minimum atomic E-state index is -0.388. The van der Waals surface area contributed by atoms with Gasteiger partial charge < -0.3 is 19.4 Å². The topological polar surface area (TPSA) is 102 Å². The second-order valence-corrected chi connectivity index (χ2v) is 7.77. The summed E-state index contributed by atoms with van der Waals surface area (Å²) in [5.41, 5.74) is 3.36. The summed E-state index contributed by atoms with van der Waals surface area (Å²) < 4.78 is 12.2. The Morgan fingerprint density at radius 2 is 2.00 bits per heavy atom. The zero-order chi connectivity index (χ0) is 22.1. The molecule has 9 nitrogen and oxygen atoms in total. The number of anilines is 1. The summed E-state index contributed by atoms with van der Waals surface area (Å²) in [6, 6.07) is 1.74. The maximum absolute atomic E-state index is 12.7. The maximum Gasteiger partial charge on any atom is 0.341 e. The molecule has 1 saturated heterocycles. The molecular formula is C22H27N5O4. The monoisotopic (exact) mass is 425 g/mol. The van der Waals surface area contributed by atoms with Crippen LogP contribution in [0.15, 0.2) is 22.9 Å². The first-order valence-corrected chi connectivity index (χ1v) is 10.5. The number of nitrogens with one attached hydrogen (secondary N) is 1. The van der Waals surface area contributed by atoms with Gasteiger partial charge >= 0.3 is 5.97 Å². The van der Waals surface area contributed by atoms with Crippen LogP contribution in [-0.2, 0) is 11.8 Å². The number of esters is 1. The minimum Gasteiger partial charge on any atom is -0.469 e. The molecule has 0 bridgehead atoms. The molecule has 31 heavy (non-hydrogen) atoms. The molecule has 1 aliphatic heterocycles. The molecule has 1 aliphatic rings. The van der Waals surface area contributed by atoms with Gasteiger partial charge in [0.15, 0.2) is 5.65 Å². The quantitative estimate of drug-likeness (QED) is 0.627. The second kappa shape index (κ2) is 8.41. The van der Waals surface area contributed by atoms with Crippen LogP contribution in [0.1, 0.15) is 51.9 Å². The van der Waals surface area contributed by atoms with Gasteiger partial charge in [0.05, 0.1) is 35.2 Å². The summed E-state index contributed by atoms with van der Waals surface area (Å²) in [6.07, 6.45) is 4.61. The number of hydrogen-bond acceptors (Lipinski definition) is 7. The van der Waals surface area contributed by atoms with Gasteiger partial charge in [0.25, 0.3) is 5.91 Å². The fourth-order valence-corrected chi connectivity index (χ4v) is 4.21. The van der Waals surface area contributed by atoms with Crippen molar-refractivity contribution in [3.8, 4) is 0 Å². The Morgan fingerprint density at radius 3 is 2.65 bits per heavy atom. The van der Waals surface area contributed by atoms with Crippen LogP contribution in [0.5, 0.6) is 0 Å². The van der Waals surface area contributed by atoms with E-state index in [4.69, 9.17) is 9.15 Å². The first kappa shape index (κ1) is 20.9. The Morgan fingerprint density at radius 1 is 1.26 bits per heavy atom. The average molecular weight is 425 g/mol. The summed E-state index contributed by atoms with van der Waals surface area (Å²) >= 11 is 0. The summed E-state index contributed by atoms with van der Waals surface area (Å²) in [5.74, 6) is 0.104. The standard InChI is InChI=1S/C22H27N5O4/c1-5-30-22(29)17-12-23-20-18(13(2)25-26(20)4)19(17)27-9-6-15(7-10-27)24-21(28)16-8-11-31-14(16)3/h8,11-12,15H,5-7,9-10H2,1-4H3,(H,24,28). The lowest BCUT2D eigenvalue weighted by Crippen LogP contribution is -2.45. The van der Waals surface area contributed by atoms with Crippen LogP contribution in [-0.4, -0.2) is 52.4 Å². The maximum atomic E-state index is 12.7. The molecule has 3 aromatic rings. The number of carbonyl (C=O) groups is 2. The predicted octanol–water partition coefficient (Wildman–Crippen LogP) is 2.75. The van der Waals surface area contributed by atoms with Gasteiger partial charge in [-0.05, 0) is 39.7 Å². The molecule has 0 aliphatic carbocycles. The molecule has 164 valence electrons. The summed E-state index contributed by atoms with van der Waals surface area (Å²) in [5, 5.41) is 8.46. The molecule has 0 unspecified atom stereocenters. The largest absolute Gasteiger partial charge is 0.469 e. The van der Waals surface area contributed by atoms with Gasteiger partial charge in [-0.3, -0.25) is 9.48 Å². The van der Waals surface area contributed by atoms with Crippen LogP contribution in [0, 0.1) is 13.8 Å². The fraction of sp³-hybridized carbons (Fsp3) is 0.455. The van der Waals surface area contributed by atoms with Crippen molar-refractivity contribution in [2.24, 2.45) is 7.05 Å². The zero-order valence-corrected chi connectivity index (χ0v) is 18.3. The van der Waals surface area contributed by atoms with Crippen molar-refractivity contribution in [3.63, 3.8) is 0 Å². The number of rotatable bonds is 5. The van der Waals surface area contributed by atoms with E-state index in [9.17, 15) is 9.59 Å². The Kier molecular flexibility index (Phi) is 5.67. The van der Waals surface area contributed by atoms with E-state index >= 15 is 0 Å². The normalized spacial score (nSPS) is 14.8. The highest BCUT2D eigenvalue weighted by Gasteiger charge is 2.29. The van der Waals surface area contributed by atoms with Gasteiger partial charge in [0.1, 0.15) is 11.3 Å². The molecule has 9 heteroatoms. The number of aromatic nitrogens is 3. The molecule has 0 spiro atoms. The molecule has 4 rings (SSSR count). The van der Waals surface area contributed by atoms with Crippen LogP contribution in [0.4, 0.5) is 5.69 Å². The van der Waals surface area contributed by atoms with Crippen LogP contribution in [0.3, 0.4) is 0 Å². The number of amides is 1. The molecule has 1 amide bonds. The van der Waals surface area contributed by atoms with E-state index in [1.54, 1.807) is 30.8 Å². The number of carbonyl (C=O) groups excluding carboxylic acids is 2. The minimum absolute atomic E-state index is 0.0522. The Balaban J connectivity index is 1.58. The average Bonchev–Trinajstić information content (AvgIpc) is 3.31. The molecule has 0 radical (unpaired) electrons. The number of piperidine rings is 1. The highest BCUT2D eigenvalue weighted by Crippen LogP contribution is 2.34. The number of furan rings is 1. The number of hydrogen-bond donors (Lipinski definition) is 1. The van der Waals surface area contributed by atoms with E-state index in [2.05, 4.69) is 20.3 Å². The van der Waals surface area contributed by atoms with Gasteiger partial charge in [-0.1, -0.05) is 0 Å². The Bertz CT molecular complexity index is 1120. The molecule has 0 aromatic carbocycles. The Labute approximate surface area is 180 Å². The molecule has 0 atom stereocenters. The number of ether oxygens (including phenoxy) is 1. The summed E-state index contributed by atoms with van der Waals surface area (Å²) in [4.78, 5) is 31.8. The lowest BCUT2D eigenvalue weighted by molar-refractivity contribution is 0.0526. The fourth-order valence-electron chi connectivity index (χ4n) is 4.21. The van der Waals surface area contributed by atoms with Crippen molar-refractivity contribution in [2.75, 3.05) is 24.6 Å². The number of aryl methyl sites for hydroxylation is 3. The Hall–Kier alpha value is -3.36. The van der Waals surface area contributed by atoms with E-state index < -0.39 is 0 Å². The smallest absolute Gasteiger partial charge is 0.341 e. The molecular weight excluding hydrogens is 398 g/mol. The first-order valence-electron chi connectivity index (χ1n) is 10.5. The molecule has 0 saturated carbocycles. The highest BCUT2D eigenvalue weighted by molar-refractivity contribution is 6.05. The van der Waals surface area contributed by atoms with Crippen molar-refractivity contribution in [1.29, 1.82) is 0 Å². The van der Waals surface area contributed by atoms with Crippen molar-refractivity contribution in [3.05, 3.63) is 41.1 Å². The number of nitrogens with zero attached hydrogens (tertiary/aromatic N) is 4. The third-order valence-electron chi connectivity index (χ3n) is 5.74. The number of fused-ring (bicyclic) bond motifs is 1. The molecule has 1 fully saturated rings. The molecule has 3 aromatic heterocycles. The predicted molar refractivity (Wildman–Crippen MR) is 115 cm³/mol. The van der Waals surface area contributed by atoms with Gasteiger partial charge in [-0.15, -0.1) is 0 Å². The van der Waals surface area contributed by atoms with E-state index in [0.717, 1.165) is 35.3 Å². The van der Waals surface area contributed by atoms with Crippen LogP contribution in [0.25, 0.3) is 11.0 Å². The number of pyridine rings is 1. The molecule has 1 N–H and O–H groups in total. The van der Waals surface area contributed by atoms with Crippen LogP contribution < -0.4 is 10.2 Å². The van der Waals surface area contributed by atoms with E-state index in [1.807, 2.05) is 14.0 Å². The summed E-state index contributed by atoms with van der Waals surface area (Å²) in [7, 11) is 1.84. The van der Waals surface area contributed by atoms with Crippen molar-refractivity contribution < 1.29 is 18.7 Å². The zero-order valence-electron chi connectivity index (χ0n) is 18.3. The van der Waals surface area contributed by atoms with Crippen LogP contribution >= 0.6 is 0 Å². The molecule has 4 heterocycles. The van der Waals surface area contributed by atoms with Gasteiger partial charge in [0, 0.05) is 32.4 Å². The van der Waals surface area contributed by atoms with Gasteiger partial charge in [-0.25, -0.2) is 9.78 Å². The van der Waals surface area contributed by atoms with Gasteiger partial charge in [0.2, 0.25) is 0 Å². The van der Waals surface area contributed by atoms with Crippen molar-refractivity contribution in [2.45, 2.75) is 39.7 Å².